The number of rotatable bonds is 9. The van der Waals surface area contributed by atoms with Crippen molar-refractivity contribution in [2.75, 3.05) is 33.4 Å². The van der Waals surface area contributed by atoms with Gasteiger partial charge in [0.05, 0.1) is 12.6 Å². The van der Waals surface area contributed by atoms with E-state index in [0.717, 1.165) is 31.2 Å². The zero-order chi connectivity index (χ0) is 21.5. The molecule has 1 aromatic carbocycles. The van der Waals surface area contributed by atoms with E-state index in [9.17, 15) is 9.59 Å². The first-order valence-corrected chi connectivity index (χ1v) is 11.6. The van der Waals surface area contributed by atoms with Crippen molar-refractivity contribution in [2.24, 2.45) is 0 Å². The van der Waals surface area contributed by atoms with Gasteiger partial charge >= 0.3 is 0 Å². The molecule has 0 fully saturated rings. The van der Waals surface area contributed by atoms with E-state index in [-0.39, 0.29) is 31.0 Å². The van der Waals surface area contributed by atoms with Gasteiger partial charge in [0.25, 0.3) is 0 Å². The number of thiophene rings is 1. The zero-order valence-corrected chi connectivity index (χ0v) is 19.0. The number of unbranched alkanes of at least 4 members (excludes halogenated alkanes) is 2. The molecule has 3 rings (SSSR count). The maximum absolute atomic E-state index is 13.5. The van der Waals surface area contributed by atoms with Crippen LogP contribution in [0, 0.1) is 6.92 Å². The largest absolute Gasteiger partial charge is 0.375 e. The number of methoxy groups -OCH3 is 1. The molecule has 0 saturated carbocycles. The molecule has 0 N–H and O–H groups in total. The number of fused-ring (bicyclic) bond motifs is 1. The van der Waals surface area contributed by atoms with Crippen molar-refractivity contribution in [1.82, 2.24) is 9.80 Å². The Kier molecular flexibility index (Phi) is 8.05. The van der Waals surface area contributed by atoms with Crippen molar-refractivity contribution >= 4 is 23.2 Å². The van der Waals surface area contributed by atoms with E-state index in [4.69, 9.17) is 4.74 Å². The highest BCUT2D eigenvalue weighted by Crippen LogP contribution is 2.38. The SMILES string of the molecule is CCCCCN(CC(=O)N1CCc2sccc2[C@H]1c1ccccc1C)C(=O)COC. The van der Waals surface area contributed by atoms with Gasteiger partial charge in [-0.05, 0) is 47.9 Å². The van der Waals surface area contributed by atoms with Gasteiger partial charge in [-0.3, -0.25) is 9.59 Å². The lowest BCUT2D eigenvalue weighted by molar-refractivity contribution is -0.143. The summed E-state index contributed by atoms with van der Waals surface area (Å²) in [5, 5.41) is 2.11. The molecule has 30 heavy (non-hydrogen) atoms. The van der Waals surface area contributed by atoms with Gasteiger partial charge in [0.2, 0.25) is 11.8 Å². The van der Waals surface area contributed by atoms with Crippen LogP contribution >= 0.6 is 11.3 Å². The van der Waals surface area contributed by atoms with Crippen molar-refractivity contribution in [3.8, 4) is 0 Å². The molecule has 0 spiro atoms. The number of carbonyl (C=O) groups excluding carboxylic acids is 2. The van der Waals surface area contributed by atoms with E-state index < -0.39 is 0 Å². The third kappa shape index (κ3) is 5.10. The normalized spacial score (nSPS) is 15.7. The first-order chi connectivity index (χ1) is 14.6. The van der Waals surface area contributed by atoms with Gasteiger partial charge in [-0.15, -0.1) is 11.3 Å². The van der Waals surface area contributed by atoms with Crippen molar-refractivity contribution in [3.63, 3.8) is 0 Å². The van der Waals surface area contributed by atoms with Gasteiger partial charge in [0, 0.05) is 25.1 Å². The molecule has 5 nitrogen and oxygen atoms in total. The molecule has 2 heterocycles. The van der Waals surface area contributed by atoms with E-state index in [0.29, 0.717) is 13.1 Å². The molecule has 6 heteroatoms. The van der Waals surface area contributed by atoms with E-state index >= 15 is 0 Å². The quantitative estimate of drug-likeness (QED) is 0.563. The van der Waals surface area contributed by atoms with Crippen molar-refractivity contribution < 1.29 is 14.3 Å². The van der Waals surface area contributed by atoms with Crippen LogP contribution in [0.3, 0.4) is 0 Å². The molecule has 2 aromatic rings. The topological polar surface area (TPSA) is 49.9 Å². The summed E-state index contributed by atoms with van der Waals surface area (Å²) in [5.41, 5.74) is 3.55. The summed E-state index contributed by atoms with van der Waals surface area (Å²) < 4.78 is 5.05. The molecule has 162 valence electrons. The summed E-state index contributed by atoms with van der Waals surface area (Å²) >= 11 is 1.76. The summed E-state index contributed by atoms with van der Waals surface area (Å²) in [6, 6.07) is 10.3. The van der Waals surface area contributed by atoms with Crippen LogP contribution < -0.4 is 0 Å². The maximum Gasteiger partial charge on any atom is 0.249 e. The molecule has 1 aromatic heterocycles. The van der Waals surface area contributed by atoms with Crippen LogP contribution in [0.4, 0.5) is 0 Å². The molecular weight excluding hydrogens is 396 g/mol. The fraction of sp³-hybridized carbons (Fsp3) is 0.500. The number of aryl methyl sites for hydroxylation is 1. The second-order valence-electron chi connectivity index (χ2n) is 7.85. The maximum atomic E-state index is 13.5. The molecule has 1 aliphatic rings. The second-order valence-corrected chi connectivity index (χ2v) is 8.85. The van der Waals surface area contributed by atoms with Crippen LogP contribution in [-0.2, 0) is 20.7 Å². The number of hydrogen-bond acceptors (Lipinski definition) is 4. The molecule has 0 radical (unpaired) electrons. The van der Waals surface area contributed by atoms with E-state index in [1.165, 1.54) is 23.1 Å². The summed E-state index contributed by atoms with van der Waals surface area (Å²) in [4.78, 5) is 31.0. The molecule has 0 saturated heterocycles. The Hall–Kier alpha value is -2.18. The Balaban J connectivity index is 1.85. The Morgan fingerprint density at radius 2 is 2.00 bits per heavy atom. The molecule has 0 bridgehead atoms. The summed E-state index contributed by atoms with van der Waals surface area (Å²) in [5.74, 6) is -0.122. The lowest BCUT2D eigenvalue weighted by Crippen LogP contribution is -2.47. The Morgan fingerprint density at radius 3 is 2.73 bits per heavy atom. The predicted octanol–water partition coefficient (Wildman–Crippen LogP) is 4.20. The smallest absolute Gasteiger partial charge is 0.249 e. The highest BCUT2D eigenvalue weighted by Gasteiger charge is 2.34. The minimum atomic E-state index is -0.123. The molecular formula is C24H32N2O3S. The molecule has 1 aliphatic heterocycles. The first-order valence-electron chi connectivity index (χ1n) is 10.7. The Bertz CT molecular complexity index is 864. The van der Waals surface area contributed by atoms with Crippen LogP contribution in [0.25, 0.3) is 0 Å². The number of hydrogen-bond donors (Lipinski definition) is 0. The summed E-state index contributed by atoms with van der Waals surface area (Å²) in [6.45, 7) is 5.60. The number of nitrogens with zero attached hydrogens (tertiary/aromatic N) is 2. The Labute approximate surface area is 183 Å². The van der Waals surface area contributed by atoms with Gasteiger partial charge in [-0.25, -0.2) is 0 Å². The first kappa shape index (κ1) is 22.5. The fourth-order valence-electron chi connectivity index (χ4n) is 4.13. The molecule has 2 amide bonds. The predicted molar refractivity (Wildman–Crippen MR) is 121 cm³/mol. The van der Waals surface area contributed by atoms with Crippen molar-refractivity contribution in [2.45, 2.75) is 45.6 Å². The third-order valence-corrected chi connectivity index (χ3v) is 6.74. The molecule has 0 unspecified atom stereocenters. The number of amides is 2. The Morgan fingerprint density at radius 1 is 1.20 bits per heavy atom. The number of benzene rings is 1. The highest BCUT2D eigenvalue weighted by atomic mass is 32.1. The van der Waals surface area contributed by atoms with E-state index in [1.54, 1.807) is 16.2 Å². The average Bonchev–Trinajstić information content (AvgIpc) is 3.22. The van der Waals surface area contributed by atoms with E-state index in [1.807, 2.05) is 17.0 Å². The average molecular weight is 429 g/mol. The van der Waals surface area contributed by atoms with Crippen LogP contribution in [0.2, 0.25) is 0 Å². The third-order valence-electron chi connectivity index (χ3n) is 5.75. The van der Waals surface area contributed by atoms with E-state index in [2.05, 4.69) is 37.4 Å². The van der Waals surface area contributed by atoms with Crippen LogP contribution in [0.1, 0.15) is 53.8 Å². The van der Waals surface area contributed by atoms with Gasteiger partial charge in [0.15, 0.2) is 0 Å². The minimum Gasteiger partial charge on any atom is -0.375 e. The van der Waals surface area contributed by atoms with Crippen LogP contribution in [0.15, 0.2) is 35.7 Å². The fourth-order valence-corrected chi connectivity index (χ4v) is 5.03. The van der Waals surface area contributed by atoms with Gasteiger partial charge in [-0.2, -0.15) is 0 Å². The molecule has 0 aliphatic carbocycles. The van der Waals surface area contributed by atoms with Crippen LogP contribution in [-0.4, -0.2) is 55.0 Å². The highest BCUT2D eigenvalue weighted by molar-refractivity contribution is 7.10. The lowest BCUT2D eigenvalue weighted by Gasteiger charge is -2.38. The standard InChI is InChI=1S/C24H32N2O3S/c1-4-5-8-13-25(23(28)17-29-3)16-22(27)26-14-11-21-20(12-15-30-21)24(26)19-10-7-6-9-18(19)2/h6-7,9-10,12,15,24H,4-5,8,11,13-14,16-17H2,1-3H3/t24-/m1/s1. The number of carbonyl (C=O) groups is 2. The monoisotopic (exact) mass is 428 g/mol. The summed E-state index contributed by atoms with van der Waals surface area (Å²) in [6.07, 6.45) is 3.87. The van der Waals surface area contributed by atoms with Crippen molar-refractivity contribution in [1.29, 1.82) is 0 Å². The van der Waals surface area contributed by atoms with Gasteiger partial charge in [-0.1, -0.05) is 44.0 Å². The lowest BCUT2D eigenvalue weighted by atomic mass is 9.90. The minimum absolute atomic E-state index is 0.000976. The van der Waals surface area contributed by atoms with Crippen LogP contribution in [0.5, 0.6) is 0 Å². The summed E-state index contributed by atoms with van der Waals surface area (Å²) in [7, 11) is 1.51. The molecule has 1 atom stereocenters. The second kappa shape index (κ2) is 10.7. The van der Waals surface area contributed by atoms with Gasteiger partial charge in [0.1, 0.15) is 6.61 Å². The van der Waals surface area contributed by atoms with Crippen molar-refractivity contribution in [3.05, 3.63) is 57.3 Å². The zero-order valence-electron chi connectivity index (χ0n) is 18.2. The number of ether oxygens (including phenoxy) is 1. The van der Waals surface area contributed by atoms with Gasteiger partial charge < -0.3 is 14.5 Å².